The van der Waals surface area contributed by atoms with Gasteiger partial charge in [0.05, 0.1) is 26.3 Å². The lowest BCUT2D eigenvalue weighted by molar-refractivity contribution is -0.636. The van der Waals surface area contributed by atoms with Gasteiger partial charge in [0, 0.05) is 5.92 Å². The van der Waals surface area contributed by atoms with Crippen LogP contribution in [0.5, 0.6) is 5.75 Å². The fourth-order valence-electron chi connectivity index (χ4n) is 3.10. The summed E-state index contributed by atoms with van der Waals surface area (Å²) in [5, 5.41) is 13.2. The van der Waals surface area contributed by atoms with E-state index in [-0.39, 0.29) is 0 Å². The molecule has 0 aliphatic heterocycles. The van der Waals surface area contributed by atoms with Gasteiger partial charge in [-0.05, 0) is 30.5 Å². The van der Waals surface area contributed by atoms with Gasteiger partial charge in [-0.3, -0.25) is 0 Å². The number of quaternary nitrogens is 1. The van der Waals surface area contributed by atoms with Gasteiger partial charge >= 0.3 is 0 Å². The lowest BCUT2D eigenvalue weighted by Crippen LogP contribution is -2.82. The minimum absolute atomic E-state index is 0.336. The van der Waals surface area contributed by atoms with Crippen molar-refractivity contribution in [1.29, 1.82) is 0 Å². The predicted octanol–water partition coefficient (Wildman–Crippen LogP) is 1.27. The van der Waals surface area contributed by atoms with Crippen LogP contribution in [0.4, 0.5) is 0 Å². The topological polar surface area (TPSA) is 46.1 Å². The Labute approximate surface area is 109 Å². The average Bonchev–Trinajstić information content (AvgIpc) is 2.42. The van der Waals surface area contributed by atoms with Crippen LogP contribution in [0.2, 0.25) is 0 Å². The first-order valence-corrected chi connectivity index (χ1v) is 6.85. The first kappa shape index (κ1) is 13.4. The normalized spacial score (nSPS) is 28.1. The second-order valence-electron chi connectivity index (χ2n) is 5.24. The molecule has 100 valence electrons. The molecule has 3 N–H and O–H groups in total. The van der Waals surface area contributed by atoms with Crippen LogP contribution < -0.4 is 10.1 Å². The van der Waals surface area contributed by atoms with Gasteiger partial charge in [0.1, 0.15) is 5.75 Å². The number of methoxy groups -OCH3 is 1. The van der Waals surface area contributed by atoms with Crippen LogP contribution in [0.25, 0.3) is 0 Å². The fourth-order valence-corrected chi connectivity index (χ4v) is 3.10. The van der Waals surface area contributed by atoms with Crippen LogP contribution in [0.15, 0.2) is 24.3 Å². The third-order valence-electron chi connectivity index (χ3n) is 4.13. The zero-order valence-corrected chi connectivity index (χ0v) is 11.4. The summed E-state index contributed by atoms with van der Waals surface area (Å²) in [6, 6.07) is 7.90. The number of rotatable bonds is 4. The molecule has 0 saturated heterocycles. The molecule has 0 spiro atoms. The number of nitrogens with two attached hydrogens (primary N) is 1. The van der Waals surface area contributed by atoms with Gasteiger partial charge in [-0.15, -0.1) is 0 Å². The molecule has 2 rings (SSSR count). The Bertz CT molecular complexity index is 392. The summed E-state index contributed by atoms with van der Waals surface area (Å²) in [5.41, 5.74) is 0.327. The second kappa shape index (κ2) is 5.72. The minimum atomic E-state index is -0.681. The van der Waals surface area contributed by atoms with Gasteiger partial charge in [-0.1, -0.05) is 25.0 Å². The van der Waals surface area contributed by atoms with E-state index in [9.17, 15) is 5.11 Å². The van der Waals surface area contributed by atoms with Gasteiger partial charge in [0.25, 0.3) is 0 Å². The van der Waals surface area contributed by atoms with Crippen LogP contribution in [0.3, 0.4) is 0 Å². The Morgan fingerprint density at radius 2 is 2.28 bits per heavy atom. The summed E-state index contributed by atoms with van der Waals surface area (Å²) in [5.74, 6) is 1.16. The molecule has 1 saturated carbocycles. The molecule has 0 radical (unpaired) electrons. The minimum Gasteiger partial charge on any atom is -0.497 e. The molecule has 0 heterocycles. The molecule has 18 heavy (non-hydrogen) atoms. The van der Waals surface area contributed by atoms with Gasteiger partial charge in [-0.2, -0.15) is 0 Å². The second-order valence-corrected chi connectivity index (χ2v) is 5.24. The van der Waals surface area contributed by atoms with Gasteiger partial charge in [-0.25, -0.2) is 0 Å². The van der Waals surface area contributed by atoms with E-state index in [2.05, 4.69) is 12.4 Å². The molecule has 0 aromatic heterocycles. The highest BCUT2D eigenvalue weighted by Crippen LogP contribution is 2.41. The Hall–Kier alpha value is -1.06. The lowest BCUT2D eigenvalue weighted by atomic mass is 9.71. The summed E-state index contributed by atoms with van der Waals surface area (Å²) in [6.45, 7) is 0.980. The Morgan fingerprint density at radius 1 is 1.44 bits per heavy atom. The monoisotopic (exact) mass is 250 g/mol. The molecule has 0 bridgehead atoms. The zero-order valence-electron chi connectivity index (χ0n) is 11.4. The highest BCUT2D eigenvalue weighted by Gasteiger charge is 2.41. The molecule has 0 amide bonds. The van der Waals surface area contributed by atoms with Crippen molar-refractivity contribution in [3.63, 3.8) is 0 Å². The van der Waals surface area contributed by atoms with Crippen LogP contribution in [0, 0.1) is 5.92 Å². The van der Waals surface area contributed by atoms with Crippen molar-refractivity contribution >= 4 is 0 Å². The van der Waals surface area contributed by atoms with Crippen molar-refractivity contribution in [1.82, 2.24) is 0 Å². The summed E-state index contributed by atoms with van der Waals surface area (Å²) in [6.07, 6.45) is 4.30. The molecule has 1 fully saturated rings. The van der Waals surface area contributed by atoms with E-state index in [0.29, 0.717) is 5.92 Å². The van der Waals surface area contributed by atoms with E-state index in [4.69, 9.17) is 4.74 Å². The summed E-state index contributed by atoms with van der Waals surface area (Å²) >= 11 is 0. The van der Waals surface area contributed by atoms with E-state index < -0.39 is 5.60 Å². The molecule has 3 nitrogen and oxygen atoms in total. The largest absolute Gasteiger partial charge is 0.497 e. The first-order valence-electron chi connectivity index (χ1n) is 6.85. The molecular weight excluding hydrogens is 226 g/mol. The van der Waals surface area contributed by atoms with Crippen molar-refractivity contribution in [3.8, 4) is 5.75 Å². The maximum absolute atomic E-state index is 11.1. The van der Waals surface area contributed by atoms with Crippen LogP contribution in [-0.2, 0) is 5.60 Å². The lowest BCUT2D eigenvalue weighted by Gasteiger charge is -2.39. The number of aliphatic hydroxyl groups is 1. The van der Waals surface area contributed by atoms with E-state index >= 15 is 0 Å². The smallest absolute Gasteiger partial charge is 0.119 e. The standard InChI is InChI=1S/C15H23NO2/c1-16-11-13-6-3-4-9-15(13,17)12-7-5-8-14(10-12)18-2/h5,7-8,10,13,16-17H,3-4,6,9,11H2,1-2H3/p+1. The van der Waals surface area contributed by atoms with E-state index in [1.54, 1.807) is 7.11 Å². The number of benzene rings is 1. The SMILES string of the molecule is C[NH2+]CC1CCCCC1(O)c1cccc(OC)c1. The summed E-state index contributed by atoms with van der Waals surface area (Å²) in [4.78, 5) is 0. The van der Waals surface area contributed by atoms with E-state index in [1.807, 2.05) is 24.3 Å². The van der Waals surface area contributed by atoms with E-state index in [1.165, 1.54) is 6.42 Å². The van der Waals surface area contributed by atoms with Gasteiger partial charge in [0.15, 0.2) is 0 Å². The zero-order chi connectivity index (χ0) is 13.0. The van der Waals surface area contributed by atoms with Crippen molar-refractivity contribution in [2.75, 3.05) is 20.7 Å². The highest BCUT2D eigenvalue weighted by atomic mass is 16.5. The molecule has 3 heteroatoms. The quantitative estimate of drug-likeness (QED) is 0.845. The molecule has 1 aromatic carbocycles. The molecule has 1 aliphatic carbocycles. The van der Waals surface area contributed by atoms with Gasteiger partial charge in [0.2, 0.25) is 0 Å². The summed E-state index contributed by atoms with van der Waals surface area (Å²) in [7, 11) is 3.74. The van der Waals surface area contributed by atoms with Crippen molar-refractivity contribution in [3.05, 3.63) is 29.8 Å². The molecule has 1 aromatic rings. The molecular formula is C15H24NO2+. The molecule has 2 unspecified atom stereocenters. The van der Waals surface area contributed by atoms with Crippen LogP contribution in [-0.4, -0.2) is 25.8 Å². The maximum Gasteiger partial charge on any atom is 0.119 e. The third kappa shape index (κ3) is 2.52. The van der Waals surface area contributed by atoms with Crippen molar-refractivity contribution in [2.24, 2.45) is 5.92 Å². The van der Waals surface area contributed by atoms with Crippen LogP contribution >= 0.6 is 0 Å². The van der Waals surface area contributed by atoms with Crippen molar-refractivity contribution < 1.29 is 15.2 Å². The number of ether oxygens (including phenoxy) is 1. The molecule has 1 aliphatic rings. The number of hydrogen-bond acceptors (Lipinski definition) is 2. The maximum atomic E-state index is 11.1. The predicted molar refractivity (Wildman–Crippen MR) is 71.6 cm³/mol. The average molecular weight is 250 g/mol. The van der Waals surface area contributed by atoms with Gasteiger partial charge < -0.3 is 15.2 Å². The first-order chi connectivity index (χ1) is 8.70. The van der Waals surface area contributed by atoms with Crippen LogP contribution in [0.1, 0.15) is 31.2 Å². The summed E-state index contributed by atoms with van der Waals surface area (Å²) < 4.78 is 5.27. The number of hydrogen-bond donors (Lipinski definition) is 2. The molecule has 2 atom stereocenters. The Kier molecular flexibility index (Phi) is 4.25. The van der Waals surface area contributed by atoms with E-state index in [0.717, 1.165) is 37.1 Å². The fraction of sp³-hybridized carbons (Fsp3) is 0.600. The third-order valence-corrected chi connectivity index (χ3v) is 4.13. The Balaban J connectivity index is 2.30. The Morgan fingerprint density at radius 3 is 3.00 bits per heavy atom. The van der Waals surface area contributed by atoms with Crippen molar-refractivity contribution in [2.45, 2.75) is 31.3 Å². The highest BCUT2D eigenvalue weighted by molar-refractivity contribution is 5.33.